The van der Waals surface area contributed by atoms with Crippen LogP contribution in [0.15, 0.2) is 85.1 Å². The van der Waals surface area contributed by atoms with Gasteiger partial charge in [0.05, 0.1) is 0 Å². The fraction of sp³-hybridized carbons (Fsp3) is 0.250. The molecule has 1 aliphatic rings. The fourth-order valence-electron chi connectivity index (χ4n) is 4.26. The van der Waals surface area contributed by atoms with Gasteiger partial charge in [-0.15, -0.1) is 13.2 Å². The van der Waals surface area contributed by atoms with Gasteiger partial charge in [-0.25, -0.2) is 0 Å². The maximum absolute atomic E-state index is 13.0. The second-order valence-electron chi connectivity index (χ2n) is 8.68. The van der Waals surface area contributed by atoms with Crippen molar-refractivity contribution in [3.8, 4) is 16.9 Å². The third kappa shape index (κ3) is 6.23. The van der Waals surface area contributed by atoms with E-state index in [9.17, 15) is 18.0 Å². The van der Waals surface area contributed by atoms with Crippen LogP contribution in [0.1, 0.15) is 28.8 Å². The number of carbonyl (C=O) groups is 1. The summed E-state index contributed by atoms with van der Waals surface area (Å²) in [5.74, 6) is -0.0000326. The topological polar surface area (TPSA) is 41.6 Å². The fourth-order valence-corrected chi connectivity index (χ4v) is 4.26. The Bertz CT molecular complexity index is 1180. The van der Waals surface area contributed by atoms with Crippen LogP contribution in [0.3, 0.4) is 0 Å². The molecule has 1 N–H and O–H groups in total. The molecule has 0 spiro atoms. The third-order valence-electron chi connectivity index (χ3n) is 6.27. The summed E-state index contributed by atoms with van der Waals surface area (Å²) in [5, 5.41) is 3.43. The first kappa shape index (κ1) is 24.4. The van der Waals surface area contributed by atoms with Crippen LogP contribution in [0, 0.1) is 12.8 Å². The largest absolute Gasteiger partial charge is 0.573 e. The molecular formula is C28H27F3N2O2. The molecule has 7 heteroatoms. The molecule has 1 amide bonds. The molecular weight excluding hydrogens is 453 g/mol. The van der Waals surface area contributed by atoms with Gasteiger partial charge in [-0.3, -0.25) is 4.79 Å². The zero-order chi connectivity index (χ0) is 25.0. The molecule has 1 heterocycles. The Morgan fingerprint density at radius 2 is 1.51 bits per heavy atom. The van der Waals surface area contributed by atoms with E-state index in [2.05, 4.69) is 29.6 Å². The van der Waals surface area contributed by atoms with Gasteiger partial charge in [0, 0.05) is 36.0 Å². The number of benzene rings is 3. The van der Waals surface area contributed by atoms with Gasteiger partial charge in [0.1, 0.15) is 5.75 Å². The van der Waals surface area contributed by atoms with E-state index in [0.717, 1.165) is 40.9 Å². The number of carbonyl (C=O) groups excluding carboxylic acids is 1. The number of ether oxygens (including phenoxy) is 1. The molecule has 0 radical (unpaired) electrons. The van der Waals surface area contributed by atoms with Crippen molar-refractivity contribution in [1.29, 1.82) is 0 Å². The van der Waals surface area contributed by atoms with Gasteiger partial charge in [-0.2, -0.15) is 0 Å². The van der Waals surface area contributed by atoms with E-state index in [-0.39, 0.29) is 11.7 Å². The highest BCUT2D eigenvalue weighted by molar-refractivity contribution is 5.94. The summed E-state index contributed by atoms with van der Waals surface area (Å²) in [7, 11) is 0. The number of allylic oxidation sites excluding steroid dienone is 1. The number of aryl methyl sites for hydroxylation is 1. The van der Waals surface area contributed by atoms with Crippen LogP contribution in [0.2, 0.25) is 0 Å². The minimum Gasteiger partial charge on any atom is -0.406 e. The molecule has 1 aliphatic heterocycles. The minimum atomic E-state index is -4.72. The Kier molecular flexibility index (Phi) is 7.15. The summed E-state index contributed by atoms with van der Waals surface area (Å²) in [6, 6.07) is 20.8. The van der Waals surface area contributed by atoms with Crippen molar-refractivity contribution in [2.24, 2.45) is 5.92 Å². The zero-order valence-electron chi connectivity index (χ0n) is 19.4. The number of para-hydroxylation sites is 1. The Morgan fingerprint density at radius 3 is 2.09 bits per heavy atom. The first-order valence-electron chi connectivity index (χ1n) is 11.5. The second-order valence-corrected chi connectivity index (χ2v) is 8.68. The van der Waals surface area contributed by atoms with Crippen molar-refractivity contribution in [2.45, 2.75) is 26.1 Å². The van der Waals surface area contributed by atoms with Crippen LogP contribution in [0.25, 0.3) is 11.1 Å². The summed E-state index contributed by atoms with van der Waals surface area (Å²) >= 11 is 0. The lowest BCUT2D eigenvalue weighted by molar-refractivity contribution is -0.274. The van der Waals surface area contributed by atoms with Gasteiger partial charge in [0.15, 0.2) is 0 Å². The maximum Gasteiger partial charge on any atom is 0.573 e. The number of hydrogen-bond acceptors (Lipinski definition) is 3. The summed E-state index contributed by atoms with van der Waals surface area (Å²) < 4.78 is 40.9. The summed E-state index contributed by atoms with van der Waals surface area (Å²) in [6.45, 7) is 7.59. The van der Waals surface area contributed by atoms with Gasteiger partial charge < -0.3 is 15.0 Å². The van der Waals surface area contributed by atoms with E-state index in [0.29, 0.717) is 24.6 Å². The lowest BCUT2D eigenvalue weighted by Crippen LogP contribution is -2.39. The molecule has 0 aromatic heterocycles. The molecule has 0 unspecified atom stereocenters. The predicted octanol–water partition coefficient (Wildman–Crippen LogP) is 7.04. The monoisotopic (exact) mass is 480 g/mol. The van der Waals surface area contributed by atoms with Crippen molar-refractivity contribution < 1.29 is 22.7 Å². The first-order chi connectivity index (χ1) is 16.7. The number of hydrogen-bond donors (Lipinski definition) is 1. The number of piperidine rings is 1. The van der Waals surface area contributed by atoms with Crippen molar-refractivity contribution in [3.05, 3.63) is 96.2 Å². The standard InChI is InChI=1S/C28H27F3N2O2/c1-19-5-3-4-6-26(19)32-20(2)21-15-17-33(18-16-21)27(34)24-9-7-22(8-10-24)23-11-13-25(14-12-23)35-28(29,30)31/h3-14,21,32H,2,15-18H2,1H3. The minimum absolute atomic E-state index is 0.0265. The van der Waals surface area contributed by atoms with E-state index in [1.165, 1.54) is 12.1 Å². The lowest BCUT2D eigenvalue weighted by Gasteiger charge is -2.33. The Morgan fingerprint density at radius 1 is 0.943 bits per heavy atom. The summed E-state index contributed by atoms with van der Waals surface area (Å²) in [4.78, 5) is 14.9. The van der Waals surface area contributed by atoms with Gasteiger partial charge in [0.25, 0.3) is 5.91 Å². The van der Waals surface area contributed by atoms with Gasteiger partial charge in [0.2, 0.25) is 0 Å². The van der Waals surface area contributed by atoms with Crippen LogP contribution < -0.4 is 10.1 Å². The van der Waals surface area contributed by atoms with Crippen LogP contribution in [0.4, 0.5) is 18.9 Å². The van der Waals surface area contributed by atoms with E-state index in [1.807, 2.05) is 23.1 Å². The van der Waals surface area contributed by atoms with E-state index >= 15 is 0 Å². The molecule has 35 heavy (non-hydrogen) atoms. The number of halogens is 3. The van der Waals surface area contributed by atoms with Gasteiger partial charge >= 0.3 is 6.36 Å². The van der Waals surface area contributed by atoms with Crippen molar-refractivity contribution in [3.63, 3.8) is 0 Å². The maximum atomic E-state index is 13.0. The summed E-state index contributed by atoms with van der Waals surface area (Å²) in [6.07, 6.45) is -3.04. The quantitative estimate of drug-likeness (QED) is 0.412. The highest BCUT2D eigenvalue weighted by Crippen LogP contribution is 2.29. The second kappa shape index (κ2) is 10.3. The normalized spacial score (nSPS) is 14.5. The number of rotatable bonds is 6. The molecule has 1 fully saturated rings. The molecule has 3 aromatic carbocycles. The number of likely N-dealkylation sites (tertiary alicyclic amines) is 1. The van der Waals surface area contributed by atoms with E-state index in [1.54, 1.807) is 36.4 Å². The number of amides is 1. The van der Waals surface area contributed by atoms with Crippen molar-refractivity contribution in [2.75, 3.05) is 18.4 Å². The van der Waals surface area contributed by atoms with Crippen LogP contribution in [-0.4, -0.2) is 30.3 Å². The van der Waals surface area contributed by atoms with Crippen LogP contribution in [-0.2, 0) is 0 Å². The molecule has 4 rings (SSSR count). The first-order valence-corrected chi connectivity index (χ1v) is 11.5. The molecule has 3 aromatic rings. The summed E-state index contributed by atoms with van der Waals surface area (Å²) in [5.41, 5.74) is 5.31. The average molecular weight is 481 g/mol. The van der Waals surface area contributed by atoms with Gasteiger partial charge in [-0.1, -0.05) is 49.0 Å². The SMILES string of the molecule is C=C(Nc1ccccc1C)C1CCN(C(=O)c2ccc(-c3ccc(OC(F)(F)F)cc3)cc2)CC1. The molecule has 0 aliphatic carbocycles. The van der Waals surface area contributed by atoms with Crippen molar-refractivity contribution >= 4 is 11.6 Å². The van der Waals surface area contributed by atoms with Crippen molar-refractivity contribution in [1.82, 2.24) is 4.90 Å². The Hall–Kier alpha value is -3.74. The smallest absolute Gasteiger partial charge is 0.406 e. The van der Waals surface area contributed by atoms with Crippen LogP contribution in [0.5, 0.6) is 5.75 Å². The Labute approximate surface area is 203 Å². The van der Waals surface area contributed by atoms with E-state index < -0.39 is 6.36 Å². The number of anilines is 1. The van der Waals surface area contributed by atoms with Gasteiger partial charge in [-0.05, 0) is 66.8 Å². The average Bonchev–Trinajstić information content (AvgIpc) is 2.85. The molecule has 0 bridgehead atoms. The molecule has 4 nitrogen and oxygen atoms in total. The predicted molar refractivity (Wildman–Crippen MR) is 131 cm³/mol. The van der Waals surface area contributed by atoms with Crippen LogP contribution >= 0.6 is 0 Å². The molecule has 182 valence electrons. The molecule has 1 saturated heterocycles. The lowest BCUT2D eigenvalue weighted by atomic mass is 9.93. The zero-order valence-corrected chi connectivity index (χ0v) is 19.4. The third-order valence-corrected chi connectivity index (χ3v) is 6.27. The molecule has 0 saturated carbocycles. The number of alkyl halides is 3. The Balaban J connectivity index is 1.32. The highest BCUT2D eigenvalue weighted by Gasteiger charge is 2.31. The number of nitrogens with zero attached hydrogens (tertiary/aromatic N) is 1. The molecule has 0 atom stereocenters. The highest BCUT2D eigenvalue weighted by atomic mass is 19.4. The number of nitrogens with one attached hydrogen (secondary N) is 1. The van der Waals surface area contributed by atoms with E-state index in [4.69, 9.17) is 0 Å².